The average Bonchev–Trinajstić information content (AvgIpc) is 3.59. The first-order valence-corrected chi connectivity index (χ1v) is 12.3. The summed E-state index contributed by atoms with van der Waals surface area (Å²) in [4.78, 5) is 36.5. The Morgan fingerprint density at radius 2 is 1.95 bits per heavy atom. The van der Waals surface area contributed by atoms with Crippen molar-refractivity contribution in [1.82, 2.24) is 9.88 Å². The third-order valence-electron chi connectivity index (χ3n) is 6.53. The van der Waals surface area contributed by atoms with E-state index in [1.165, 1.54) is 18.3 Å². The number of carbonyl (C=O) groups is 1. The molecule has 2 heterocycles. The Labute approximate surface area is 219 Å². The number of nitro groups is 1. The summed E-state index contributed by atoms with van der Waals surface area (Å²) in [7, 11) is 0. The van der Waals surface area contributed by atoms with E-state index in [-0.39, 0.29) is 33.9 Å². The molecular weight excluding hydrogens is 525 g/mol. The van der Waals surface area contributed by atoms with Crippen LogP contribution in [0.15, 0.2) is 41.3 Å². The van der Waals surface area contributed by atoms with Crippen molar-refractivity contribution in [2.45, 2.75) is 31.3 Å². The molecule has 37 heavy (non-hydrogen) atoms. The zero-order chi connectivity index (χ0) is 26.4. The van der Waals surface area contributed by atoms with E-state index >= 15 is 4.39 Å². The van der Waals surface area contributed by atoms with Crippen LogP contribution >= 0.6 is 23.8 Å². The zero-order valence-electron chi connectivity index (χ0n) is 19.2. The molecule has 1 aliphatic carbocycles. The summed E-state index contributed by atoms with van der Waals surface area (Å²) in [5.41, 5.74) is -0.138. The van der Waals surface area contributed by atoms with Crippen LogP contribution in [0.4, 0.5) is 21.5 Å². The van der Waals surface area contributed by atoms with Crippen molar-refractivity contribution in [2.24, 2.45) is 0 Å². The average molecular weight is 546 g/mol. The van der Waals surface area contributed by atoms with Gasteiger partial charge in [0.2, 0.25) is 5.43 Å². The smallest absolute Gasteiger partial charge is 0.341 e. The van der Waals surface area contributed by atoms with Crippen LogP contribution in [-0.4, -0.2) is 44.8 Å². The molecule has 0 bridgehead atoms. The van der Waals surface area contributed by atoms with Gasteiger partial charge in [-0.3, -0.25) is 14.9 Å². The van der Waals surface area contributed by atoms with Gasteiger partial charge in [0.25, 0.3) is 5.69 Å². The van der Waals surface area contributed by atoms with Crippen LogP contribution in [0.3, 0.4) is 0 Å². The van der Waals surface area contributed by atoms with Gasteiger partial charge in [-0.05, 0) is 49.7 Å². The minimum Gasteiger partial charge on any atom is -0.477 e. The molecule has 1 atom stereocenters. The van der Waals surface area contributed by atoms with Gasteiger partial charge in [0, 0.05) is 49.2 Å². The number of halogens is 2. The van der Waals surface area contributed by atoms with E-state index in [1.54, 1.807) is 21.6 Å². The lowest BCUT2D eigenvalue weighted by Crippen LogP contribution is -2.39. The molecule has 10 nitrogen and oxygen atoms in total. The van der Waals surface area contributed by atoms with E-state index in [1.807, 2.05) is 0 Å². The van der Waals surface area contributed by atoms with Gasteiger partial charge in [0.05, 0.1) is 26.5 Å². The zero-order valence-corrected chi connectivity index (χ0v) is 20.8. The molecule has 13 heteroatoms. The van der Waals surface area contributed by atoms with Gasteiger partial charge in [-0.2, -0.15) is 0 Å². The summed E-state index contributed by atoms with van der Waals surface area (Å²) in [5.74, 6) is -2.07. The molecule has 2 aromatic carbocycles. The van der Waals surface area contributed by atoms with Crippen LogP contribution in [-0.2, 0) is 0 Å². The Morgan fingerprint density at radius 3 is 2.57 bits per heavy atom. The largest absolute Gasteiger partial charge is 0.477 e. The Bertz CT molecular complexity index is 1510. The van der Waals surface area contributed by atoms with Crippen LogP contribution < -0.4 is 21.0 Å². The number of carboxylic acid groups (broad SMARTS) is 1. The molecule has 1 aromatic heterocycles. The molecule has 2 fully saturated rings. The number of fused-ring (bicyclic) bond motifs is 1. The first-order valence-electron chi connectivity index (χ1n) is 11.5. The normalized spacial score (nSPS) is 17.1. The third kappa shape index (κ3) is 4.81. The number of carboxylic acids is 1. The Hall–Kier alpha value is -3.77. The molecule has 1 unspecified atom stereocenters. The van der Waals surface area contributed by atoms with E-state index in [0.29, 0.717) is 35.8 Å². The molecule has 0 amide bonds. The number of rotatable bonds is 6. The maximum atomic E-state index is 15.3. The number of aromatic carboxylic acids is 1. The van der Waals surface area contributed by atoms with Crippen molar-refractivity contribution in [3.8, 4) is 0 Å². The SMILES string of the molecule is O=C(O)c1cn(C2CC2)c2c(Cl)c(N3CCC(NC(=S)Nc4ccc([N+](=O)[O-])cc4)C3)c(F)cc2c1=O. The quantitative estimate of drug-likeness (QED) is 0.236. The number of nitrogens with zero attached hydrogens (tertiary/aromatic N) is 3. The second kappa shape index (κ2) is 9.60. The second-order valence-corrected chi connectivity index (χ2v) is 9.85. The predicted octanol–water partition coefficient (Wildman–Crippen LogP) is 4.30. The number of benzene rings is 2. The maximum absolute atomic E-state index is 15.3. The second-order valence-electron chi connectivity index (χ2n) is 9.07. The van der Waals surface area contributed by atoms with Crippen molar-refractivity contribution in [2.75, 3.05) is 23.3 Å². The summed E-state index contributed by atoms with van der Waals surface area (Å²) in [6.07, 6.45) is 3.56. The van der Waals surface area contributed by atoms with Gasteiger partial charge in [0.15, 0.2) is 5.11 Å². The fourth-order valence-corrected chi connectivity index (χ4v) is 5.31. The molecule has 2 aliphatic rings. The topological polar surface area (TPSA) is 130 Å². The number of non-ortho nitro benzene ring substituents is 1. The van der Waals surface area contributed by atoms with Gasteiger partial charge in [-0.1, -0.05) is 11.6 Å². The molecule has 1 aliphatic heterocycles. The molecule has 5 rings (SSSR count). The highest BCUT2D eigenvalue weighted by Crippen LogP contribution is 2.42. The van der Waals surface area contributed by atoms with Crippen LogP contribution in [0.2, 0.25) is 5.02 Å². The van der Waals surface area contributed by atoms with E-state index in [2.05, 4.69) is 10.6 Å². The molecule has 3 N–H and O–H groups in total. The molecule has 0 radical (unpaired) electrons. The van der Waals surface area contributed by atoms with E-state index in [9.17, 15) is 24.8 Å². The fraction of sp³-hybridized carbons (Fsp3) is 0.292. The summed E-state index contributed by atoms with van der Waals surface area (Å²) < 4.78 is 17.0. The molecule has 1 saturated heterocycles. The number of pyridine rings is 1. The first-order chi connectivity index (χ1) is 17.6. The fourth-order valence-electron chi connectivity index (χ4n) is 4.61. The lowest BCUT2D eigenvalue weighted by Gasteiger charge is -2.24. The summed E-state index contributed by atoms with van der Waals surface area (Å²) >= 11 is 12.1. The standard InChI is InChI=1S/C24H21ClFN5O5S/c25-19-20-16(22(32)17(23(33)34)11-30(20)14-5-6-14)9-18(26)21(19)29-8-7-13(10-29)28-24(37)27-12-1-3-15(4-2-12)31(35)36/h1-4,9,11,13-14H,5-8,10H2,(H,33,34)(H2,27,28,37). The van der Waals surface area contributed by atoms with Gasteiger partial charge in [-0.25, -0.2) is 9.18 Å². The van der Waals surface area contributed by atoms with Crippen LogP contribution in [0.25, 0.3) is 10.9 Å². The van der Waals surface area contributed by atoms with Crippen molar-refractivity contribution in [3.05, 3.63) is 73.3 Å². The highest BCUT2D eigenvalue weighted by atomic mass is 35.5. The van der Waals surface area contributed by atoms with Crippen molar-refractivity contribution in [1.29, 1.82) is 0 Å². The number of hydrogen-bond donors (Lipinski definition) is 3. The molecule has 3 aromatic rings. The molecule has 192 valence electrons. The van der Waals surface area contributed by atoms with Crippen LogP contribution in [0, 0.1) is 15.9 Å². The number of aromatic nitrogens is 1. The predicted molar refractivity (Wildman–Crippen MR) is 141 cm³/mol. The third-order valence-corrected chi connectivity index (χ3v) is 7.11. The summed E-state index contributed by atoms with van der Waals surface area (Å²) in [6, 6.07) is 6.78. The minimum absolute atomic E-state index is 0.00729. The van der Waals surface area contributed by atoms with E-state index in [4.69, 9.17) is 23.8 Å². The van der Waals surface area contributed by atoms with Gasteiger partial charge >= 0.3 is 5.97 Å². The number of nitro benzene ring substituents is 1. The molecule has 0 spiro atoms. The van der Waals surface area contributed by atoms with Crippen molar-refractivity contribution in [3.63, 3.8) is 0 Å². The molecular formula is C24H21ClFN5O5S. The number of thiocarbonyl (C=S) groups is 1. The monoisotopic (exact) mass is 545 g/mol. The Kier molecular flexibility index (Phi) is 6.46. The molecule has 1 saturated carbocycles. The minimum atomic E-state index is -1.37. The highest BCUT2D eigenvalue weighted by molar-refractivity contribution is 7.80. The maximum Gasteiger partial charge on any atom is 0.341 e. The van der Waals surface area contributed by atoms with Gasteiger partial charge in [0.1, 0.15) is 11.4 Å². The van der Waals surface area contributed by atoms with Crippen LogP contribution in [0.5, 0.6) is 0 Å². The van der Waals surface area contributed by atoms with Crippen LogP contribution in [0.1, 0.15) is 35.7 Å². The Balaban J connectivity index is 1.37. The van der Waals surface area contributed by atoms with E-state index < -0.39 is 27.7 Å². The Morgan fingerprint density at radius 1 is 1.24 bits per heavy atom. The van der Waals surface area contributed by atoms with E-state index in [0.717, 1.165) is 18.9 Å². The van der Waals surface area contributed by atoms with Crippen molar-refractivity contribution < 1.29 is 19.2 Å². The highest BCUT2D eigenvalue weighted by Gasteiger charge is 2.32. The van der Waals surface area contributed by atoms with Crippen molar-refractivity contribution >= 4 is 62.9 Å². The lowest BCUT2D eigenvalue weighted by atomic mass is 10.1. The number of nitrogens with one attached hydrogen (secondary N) is 2. The lowest BCUT2D eigenvalue weighted by molar-refractivity contribution is -0.384. The van der Waals surface area contributed by atoms with Gasteiger partial charge in [-0.15, -0.1) is 0 Å². The summed E-state index contributed by atoms with van der Waals surface area (Å²) in [5, 5.41) is 26.7. The number of anilines is 2. The number of hydrogen-bond acceptors (Lipinski definition) is 6. The first kappa shape index (κ1) is 24.9. The van der Waals surface area contributed by atoms with Gasteiger partial charge < -0.3 is 25.2 Å². The summed E-state index contributed by atoms with van der Waals surface area (Å²) in [6.45, 7) is 0.853.